The summed E-state index contributed by atoms with van der Waals surface area (Å²) in [6.45, 7) is 3.99. The van der Waals surface area contributed by atoms with E-state index in [0.717, 1.165) is 17.7 Å². The molecular formula is C29H33N3O5S. The molecule has 2 aromatic carbocycles. The first-order valence-electron chi connectivity index (χ1n) is 12.5. The van der Waals surface area contributed by atoms with E-state index in [2.05, 4.69) is 0 Å². The summed E-state index contributed by atoms with van der Waals surface area (Å²) in [4.78, 5) is 34.7. The lowest BCUT2D eigenvalue weighted by atomic mass is 9.93. The number of rotatable bonds is 9. The Kier molecular flexibility index (Phi) is 8.36. The number of anilines is 1. The zero-order valence-corrected chi connectivity index (χ0v) is 23.4. The number of methoxy groups -OCH3 is 2. The van der Waals surface area contributed by atoms with Crippen LogP contribution in [0, 0.1) is 0 Å². The molecule has 3 aromatic rings. The van der Waals surface area contributed by atoms with E-state index in [1.54, 1.807) is 43.9 Å². The highest BCUT2D eigenvalue weighted by molar-refractivity contribution is 7.07. The maximum atomic E-state index is 13.9. The van der Waals surface area contributed by atoms with Crippen LogP contribution in [0.4, 0.5) is 5.69 Å². The molecule has 0 aliphatic carbocycles. The van der Waals surface area contributed by atoms with Crippen molar-refractivity contribution in [3.8, 4) is 11.5 Å². The van der Waals surface area contributed by atoms with Crippen molar-refractivity contribution in [1.29, 1.82) is 0 Å². The van der Waals surface area contributed by atoms with E-state index < -0.39 is 12.0 Å². The number of fused-ring (bicyclic) bond motifs is 1. The molecule has 0 fully saturated rings. The van der Waals surface area contributed by atoms with Crippen LogP contribution in [0.25, 0.3) is 6.08 Å². The van der Waals surface area contributed by atoms with Crippen LogP contribution in [0.3, 0.4) is 0 Å². The maximum absolute atomic E-state index is 13.9. The van der Waals surface area contributed by atoms with E-state index in [1.807, 2.05) is 56.3 Å². The summed E-state index contributed by atoms with van der Waals surface area (Å²) >= 11 is 1.31. The van der Waals surface area contributed by atoms with E-state index in [1.165, 1.54) is 11.3 Å². The summed E-state index contributed by atoms with van der Waals surface area (Å²) in [6, 6.07) is 12.5. The molecule has 0 bridgehead atoms. The Labute approximate surface area is 226 Å². The van der Waals surface area contributed by atoms with Gasteiger partial charge in [-0.25, -0.2) is 9.79 Å². The Morgan fingerprint density at radius 3 is 2.45 bits per heavy atom. The summed E-state index contributed by atoms with van der Waals surface area (Å²) < 4.78 is 18.7. The Balaban J connectivity index is 2.01. The quantitative estimate of drug-likeness (QED) is 0.389. The van der Waals surface area contributed by atoms with Gasteiger partial charge < -0.3 is 19.1 Å². The number of hydrogen-bond acceptors (Lipinski definition) is 8. The lowest BCUT2D eigenvalue weighted by Gasteiger charge is -2.27. The number of nitrogens with zero attached hydrogens (tertiary/aromatic N) is 3. The van der Waals surface area contributed by atoms with Gasteiger partial charge in [0.25, 0.3) is 5.56 Å². The van der Waals surface area contributed by atoms with Crippen molar-refractivity contribution in [3.05, 3.63) is 84.5 Å². The summed E-state index contributed by atoms with van der Waals surface area (Å²) in [7, 11) is 7.10. The standard InChI is InChI=1S/C29H33N3O5S/c1-7-9-22-25(28(34)37-8-2)26(21-17-20(35-5)14-15-23(21)36-6)32-27(33)24(38-29(32)30-22)16-18-10-12-19(13-11-18)31(3)4/h10-17,26H,7-9H2,1-6H3/b24-16+. The van der Waals surface area contributed by atoms with Crippen LogP contribution in [0.15, 0.2) is 63.5 Å². The highest BCUT2D eigenvalue weighted by Gasteiger charge is 2.36. The molecule has 1 atom stereocenters. The van der Waals surface area contributed by atoms with Crippen molar-refractivity contribution in [3.63, 3.8) is 0 Å². The third-order valence-electron chi connectivity index (χ3n) is 6.33. The first-order valence-corrected chi connectivity index (χ1v) is 13.4. The Morgan fingerprint density at radius 2 is 1.84 bits per heavy atom. The molecule has 4 rings (SSSR count). The molecule has 1 aliphatic heterocycles. The van der Waals surface area contributed by atoms with Gasteiger partial charge in [0.15, 0.2) is 4.80 Å². The second-order valence-corrected chi connectivity index (χ2v) is 10.0. The molecule has 2 heterocycles. The molecule has 9 heteroatoms. The highest BCUT2D eigenvalue weighted by Crippen LogP contribution is 2.38. The fraction of sp³-hybridized carbons (Fsp3) is 0.345. The van der Waals surface area contributed by atoms with Crippen molar-refractivity contribution in [2.45, 2.75) is 32.7 Å². The third-order valence-corrected chi connectivity index (χ3v) is 7.31. The minimum absolute atomic E-state index is 0.205. The monoisotopic (exact) mass is 535 g/mol. The number of aromatic nitrogens is 1. The highest BCUT2D eigenvalue weighted by atomic mass is 32.1. The molecule has 0 radical (unpaired) electrons. The lowest BCUT2D eigenvalue weighted by Crippen LogP contribution is -2.40. The number of carbonyl (C=O) groups excluding carboxylic acids is 1. The number of thiazole rings is 1. The van der Waals surface area contributed by atoms with Gasteiger partial charge in [-0.15, -0.1) is 0 Å². The van der Waals surface area contributed by atoms with Crippen LogP contribution in [0.5, 0.6) is 11.5 Å². The SMILES string of the molecule is CCCC1=C(C(=O)OCC)C(c2cc(OC)ccc2OC)n2c(s/c(=C/c3ccc(N(C)C)cc3)c2=O)=N1. The van der Waals surface area contributed by atoms with Crippen LogP contribution in [-0.2, 0) is 9.53 Å². The van der Waals surface area contributed by atoms with Crippen molar-refractivity contribution in [2.24, 2.45) is 4.99 Å². The van der Waals surface area contributed by atoms with Gasteiger partial charge >= 0.3 is 5.97 Å². The number of carbonyl (C=O) groups is 1. The second-order valence-electron chi connectivity index (χ2n) is 9.01. The molecular weight excluding hydrogens is 502 g/mol. The molecule has 0 N–H and O–H groups in total. The van der Waals surface area contributed by atoms with Crippen molar-refractivity contribution >= 4 is 29.1 Å². The van der Waals surface area contributed by atoms with E-state index in [0.29, 0.717) is 44.1 Å². The van der Waals surface area contributed by atoms with E-state index in [-0.39, 0.29) is 12.2 Å². The average molecular weight is 536 g/mol. The molecule has 0 amide bonds. The van der Waals surface area contributed by atoms with Gasteiger partial charge in [-0.05, 0) is 55.3 Å². The second kappa shape index (κ2) is 11.7. The minimum Gasteiger partial charge on any atom is -0.497 e. The van der Waals surface area contributed by atoms with Gasteiger partial charge in [0, 0.05) is 25.3 Å². The number of hydrogen-bond donors (Lipinski definition) is 0. The number of benzene rings is 2. The molecule has 200 valence electrons. The smallest absolute Gasteiger partial charge is 0.338 e. The summed E-state index contributed by atoms with van der Waals surface area (Å²) in [5.74, 6) is 0.619. The zero-order valence-electron chi connectivity index (χ0n) is 22.6. The van der Waals surface area contributed by atoms with Crippen molar-refractivity contribution < 1.29 is 19.0 Å². The van der Waals surface area contributed by atoms with Gasteiger partial charge in [-0.3, -0.25) is 9.36 Å². The predicted octanol–water partition coefficient (Wildman–Crippen LogP) is 3.66. The fourth-order valence-electron chi connectivity index (χ4n) is 4.49. The summed E-state index contributed by atoms with van der Waals surface area (Å²) in [5.41, 5.74) is 3.31. The Morgan fingerprint density at radius 1 is 1.11 bits per heavy atom. The first-order chi connectivity index (χ1) is 18.3. The van der Waals surface area contributed by atoms with Crippen LogP contribution in [0.1, 0.15) is 43.9 Å². The fourth-order valence-corrected chi connectivity index (χ4v) is 5.51. The van der Waals surface area contributed by atoms with E-state index in [4.69, 9.17) is 19.2 Å². The Bertz CT molecular complexity index is 1530. The third kappa shape index (κ3) is 5.24. The van der Waals surface area contributed by atoms with E-state index >= 15 is 0 Å². The molecule has 0 saturated carbocycles. The van der Waals surface area contributed by atoms with Crippen LogP contribution in [-0.4, -0.2) is 45.5 Å². The molecule has 8 nitrogen and oxygen atoms in total. The summed E-state index contributed by atoms with van der Waals surface area (Å²) in [6.07, 6.45) is 3.20. The molecule has 0 saturated heterocycles. The van der Waals surface area contributed by atoms with Crippen LogP contribution < -0.4 is 29.3 Å². The van der Waals surface area contributed by atoms with Crippen LogP contribution >= 0.6 is 11.3 Å². The average Bonchev–Trinajstić information content (AvgIpc) is 3.22. The Hall–Kier alpha value is -3.85. The molecule has 1 aromatic heterocycles. The lowest BCUT2D eigenvalue weighted by molar-refractivity contribution is -0.139. The molecule has 1 aliphatic rings. The first kappa shape index (κ1) is 27.2. The zero-order chi connectivity index (χ0) is 27.4. The van der Waals surface area contributed by atoms with Gasteiger partial charge in [-0.2, -0.15) is 0 Å². The number of allylic oxidation sites excluding steroid dienone is 1. The maximum Gasteiger partial charge on any atom is 0.338 e. The predicted molar refractivity (Wildman–Crippen MR) is 150 cm³/mol. The normalized spacial score (nSPS) is 15.1. The molecule has 0 spiro atoms. The van der Waals surface area contributed by atoms with Gasteiger partial charge in [0.05, 0.1) is 36.6 Å². The van der Waals surface area contributed by atoms with Crippen molar-refractivity contribution in [1.82, 2.24) is 4.57 Å². The number of esters is 1. The van der Waals surface area contributed by atoms with Gasteiger partial charge in [-0.1, -0.05) is 36.8 Å². The van der Waals surface area contributed by atoms with E-state index in [9.17, 15) is 9.59 Å². The van der Waals surface area contributed by atoms with Crippen molar-refractivity contribution in [2.75, 3.05) is 39.8 Å². The summed E-state index contributed by atoms with van der Waals surface area (Å²) in [5, 5.41) is 0. The number of ether oxygens (including phenoxy) is 3. The van der Waals surface area contributed by atoms with Gasteiger partial charge in [0.1, 0.15) is 17.5 Å². The molecule has 38 heavy (non-hydrogen) atoms. The minimum atomic E-state index is -0.782. The van der Waals surface area contributed by atoms with Crippen LogP contribution in [0.2, 0.25) is 0 Å². The van der Waals surface area contributed by atoms with Gasteiger partial charge in [0.2, 0.25) is 0 Å². The largest absolute Gasteiger partial charge is 0.497 e. The topological polar surface area (TPSA) is 82.4 Å². The molecule has 1 unspecified atom stereocenters.